The molecule has 0 spiro atoms. The van der Waals surface area contributed by atoms with Crippen molar-refractivity contribution >= 4 is 16.8 Å². The van der Waals surface area contributed by atoms with Crippen molar-refractivity contribution in [3.8, 4) is 0 Å². The lowest BCUT2D eigenvalue weighted by Crippen LogP contribution is -2.01. The quantitative estimate of drug-likeness (QED) is 0.663. The van der Waals surface area contributed by atoms with Crippen LogP contribution < -0.4 is 0 Å². The molecule has 4 nitrogen and oxygen atoms in total. The minimum Gasteiger partial charge on any atom is -0.461 e. The molecular formula is C12H8N2O2. The molecule has 0 saturated carbocycles. The predicted octanol–water partition coefficient (Wildman–Crippen LogP) is 2.39. The fourth-order valence-electron chi connectivity index (χ4n) is 1.58. The van der Waals surface area contributed by atoms with E-state index >= 15 is 0 Å². The molecule has 0 aliphatic heterocycles. The van der Waals surface area contributed by atoms with E-state index in [-0.39, 0.29) is 5.78 Å². The number of rotatable bonds is 2. The lowest BCUT2D eigenvalue weighted by molar-refractivity contribution is 0.100. The summed E-state index contributed by atoms with van der Waals surface area (Å²) in [6.07, 6.45) is 1.47. The van der Waals surface area contributed by atoms with Crippen LogP contribution in [-0.2, 0) is 0 Å². The van der Waals surface area contributed by atoms with Crippen LogP contribution in [0.1, 0.15) is 16.4 Å². The number of nitrogens with zero attached hydrogens (tertiary/aromatic N) is 1. The van der Waals surface area contributed by atoms with Crippen molar-refractivity contribution < 1.29 is 9.21 Å². The number of para-hydroxylation sites is 2. The molecule has 0 amide bonds. The summed E-state index contributed by atoms with van der Waals surface area (Å²) in [4.78, 5) is 19.1. The number of carbonyl (C=O) groups is 1. The van der Waals surface area contributed by atoms with E-state index in [4.69, 9.17) is 4.42 Å². The summed E-state index contributed by atoms with van der Waals surface area (Å²) in [6, 6.07) is 10.8. The summed E-state index contributed by atoms with van der Waals surface area (Å²) in [5, 5.41) is 0. The molecule has 0 fully saturated rings. The van der Waals surface area contributed by atoms with Crippen LogP contribution in [0.25, 0.3) is 11.0 Å². The van der Waals surface area contributed by atoms with Gasteiger partial charge in [-0.05, 0) is 24.3 Å². The number of carbonyl (C=O) groups excluding carboxylic acids is 1. The molecule has 78 valence electrons. The number of hydrogen-bond donors (Lipinski definition) is 1. The van der Waals surface area contributed by atoms with Crippen LogP contribution in [0.15, 0.2) is 47.1 Å². The number of furan rings is 1. The Hall–Kier alpha value is -2.36. The molecule has 3 rings (SSSR count). The van der Waals surface area contributed by atoms with Gasteiger partial charge in [-0.2, -0.15) is 0 Å². The standard InChI is InChI=1S/C12H8N2O2/c15-11(10-6-3-7-16-10)12-13-8-4-1-2-5-9(8)14-12/h1-7H,(H,13,14). The zero-order valence-corrected chi connectivity index (χ0v) is 8.31. The van der Waals surface area contributed by atoms with Gasteiger partial charge in [-0.15, -0.1) is 0 Å². The molecule has 4 heteroatoms. The van der Waals surface area contributed by atoms with Crippen LogP contribution in [0.2, 0.25) is 0 Å². The first kappa shape index (κ1) is 8.91. The maximum absolute atomic E-state index is 11.9. The summed E-state index contributed by atoms with van der Waals surface area (Å²) in [5.41, 5.74) is 1.62. The molecule has 0 bridgehead atoms. The van der Waals surface area contributed by atoms with Crippen LogP contribution in [0, 0.1) is 0 Å². The number of imidazole rings is 1. The first-order chi connectivity index (χ1) is 7.84. The third-order valence-corrected chi connectivity index (χ3v) is 2.35. The molecular weight excluding hydrogens is 204 g/mol. The average molecular weight is 212 g/mol. The van der Waals surface area contributed by atoms with Crippen LogP contribution in [0.5, 0.6) is 0 Å². The maximum atomic E-state index is 11.9. The lowest BCUT2D eigenvalue weighted by Gasteiger charge is -1.89. The Bertz CT molecular complexity index is 605. The Morgan fingerprint density at radius 1 is 1.19 bits per heavy atom. The third-order valence-electron chi connectivity index (χ3n) is 2.35. The predicted molar refractivity (Wildman–Crippen MR) is 58.2 cm³/mol. The normalized spacial score (nSPS) is 10.8. The molecule has 0 unspecified atom stereocenters. The molecule has 1 N–H and O–H groups in total. The highest BCUT2D eigenvalue weighted by Crippen LogP contribution is 2.13. The largest absolute Gasteiger partial charge is 0.461 e. The third kappa shape index (κ3) is 1.32. The molecule has 2 heterocycles. The Kier molecular flexibility index (Phi) is 1.86. The highest BCUT2D eigenvalue weighted by Gasteiger charge is 2.15. The zero-order valence-electron chi connectivity index (χ0n) is 8.31. The van der Waals surface area contributed by atoms with Crippen LogP contribution >= 0.6 is 0 Å². The van der Waals surface area contributed by atoms with Gasteiger partial charge in [0.05, 0.1) is 17.3 Å². The van der Waals surface area contributed by atoms with Crippen molar-refractivity contribution in [1.82, 2.24) is 9.97 Å². The Morgan fingerprint density at radius 3 is 2.81 bits per heavy atom. The number of nitrogens with one attached hydrogen (secondary N) is 1. The second-order valence-electron chi connectivity index (χ2n) is 3.41. The number of hydrogen-bond acceptors (Lipinski definition) is 3. The fourth-order valence-corrected chi connectivity index (χ4v) is 1.58. The molecule has 0 saturated heterocycles. The van der Waals surface area contributed by atoms with Gasteiger partial charge in [-0.3, -0.25) is 4.79 Å². The van der Waals surface area contributed by atoms with Crippen molar-refractivity contribution in [3.63, 3.8) is 0 Å². The molecule has 3 aromatic rings. The summed E-state index contributed by atoms with van der Waals surface area (Å²) in [7, 11) is 0. The summed E-state index contributed by atoms with van der Waals surface area (Å²) in [5.74, 6) is 0.358. The first-order valence-corrected chi connectivity index (χ1v) is 4.87. The van der Waals surface area contributed by atoms with Gasteiger partial charge >= 0.3 is 0 Å². The molecule has 0 aliphatic rings. The first-order valence-electron chi connectivity index (χ1n) is 4.87. The van der Waals surface area contributed by atoms with Gasteiger partial charge in [-0.1, -0.05) is 12.1 Å². The number of H-pyrrole nitrogens is 1. The molecule has 0 radical (unpaired) electrons. The SMILES string of the molecule is O=C(c1nc2ccccc2[nH]1)c1ccco1. The van der Waals surface area contributed by atoms with Crippen molar-refractivity contribution in [2.45, 2.75) is 0 Å². The maximum Gasteiger partial charge on any atom is 0.263 e. The minimum atomic E-state index is -0.235. The number of aromatic amines is 1. The van der Waals surface area contributed by atoms with E-state index in [9.17, 15) is 4.79 Å². The highest BCUT2D eigenvalue weighted by atomic mass is 16.3. The highest BCUT2D eigenvalue weighted by molar-refractivity contribution is 6.06. The molecule has 16 heavy (non-hydrogen) atoms. The minimum absolute atomic E-state index is 0.235. The van der Waals surface area contributed by atoms with Crippen LogP contribution in [0.4, 0.5) is 0 Å². The monoisotopic (exact) mass is 212 g/mol. The summed E-state index contributed by atoms with van der Waals surface area (Å²) < 4.78 is 5.04. The number of aromatic nitrogens is 2. The van der Waals surface area contributed by atoms with E-state index in [0.29, 0.717) is 11.6 Å². The van der Waals surface area contributed by atoms with Crippen molar-refractivity contribution in [1.29, 1.82) is 0 Å². The Balaban J connectivity index is 2.10. The van der Waals surface area contributed by atoms with E-state index in [1.54, 1.807) is 12.1 Å². The summed E-state index contributed by atoms with van der Waals surface area (Å²) >= 11 is 0. The van der Waals surface area contributed by atoms with E-state index in [2.05, 4.69) is 9.97 Å². The number of ketones is 1. The van der Waals surface area contributed by atoms with Gasteiger partial charge in [-0.25, -0.2) is 4.98 Å². The fraction of sp³-hybridized carbons (Fsp3) is 0. The molecule has 0 atom stereocenters. The molecule has 2 aromatic heterocycles. The van der Waals surface area contributed by atoms with Gasteiger partial charge in [0.1, 0.15) is 0 Å². The number of benzene rings is 1. The lowest BCUT2D eigenvalue weighted by atomic mass is 10.3. The number of fused-ring (bicyclic) bond motifs is 1. The van der Waals surface area contributed by atoms with E-state index < -0.39 is 0 Å². The topological polar surface area (TPSA) is 58.9 Å². The van der Waals surface area contributed by atoms with Crippen LogP contribution in [-0.4, -0.2) is 15.8 Å². The molecule has 1 aromatic carbocycles. The van der Waals surface area contributed by atoms with Gasteiger partial charge in [0, 0.05) is 0 Å². The van der Waals surface area contributed by atoms with Gasteiger partial charge in [0.15, 0.2) is 11.6 Å². The second-order valence-corrected chi connectivity index (χ2v) is 3.41. The average Bonchev–Trinajstić information content (AvgIpc) is 2.97. The van der Waals surface area contributed by atoms with Gasteiger partial charge in [0.25, 0.3) is 5.78 Å². The molecule has 0 aliphatic carbocycles. The second kappa shape index (κ2) is 3.34. The van der Waals surface area contributed by atoms with Crippen molar-refractivity contribution in [2.75, 3.05) is 0 Å². The van der Waals surface area contributed by atoms with E-state index in [0.717, 1.165) is 11.0 Å². The Morgan fingerprint density at radius 2 is 2.06 bits per heavy atom. The smallest absolute Gasteiger partial charge is 0.263 e. The van der Waals surface area contributed by atoms with Gasteiger partial charge in [0.2, 0.25) is 0 Å². The van der Waals surface area contributed by atoms with Crippen molar-refractivity contribution in [3.05, 3.63) is 54.2 Å². The van der Waals surface area contributed by atoms with Crippen LogP contribution in [0.3, 0.4) is 0 Å². The van der Waals surface area contributed by atoms with E-state index in [1.165, 1.54) is 6.26 Å². The van der Waals surface area contributed by atoms with Crippen molar-refractivity contribution in [2.24, 2.45) is 0 Å². The Labute approximate surface area is 90.9 Å². The van der Waals surface area contributed by atoms with E-state index in [1.807, 2.05) is 24.3 Å². The zero-order chi connectivity index (χ0) is 11.0. The summed E-state index contributed by atoms with van der Waals surface area (Å²) in [6.45, 7) is 0. The van der Waals surface area contributed by atoms with Gasteiger partial charge < -0.3 is 9.40 Å².